The summed E-state index contributed by atoms with van der Waals surface area (Å²) in [6.07, 6.45) is 5.17. The Morgan fingerprint density at radius 2 is 2.11 bits per heavy atom. The van der Waals surface area contributed by atoms with Gasteiger partial charge in [0.2, 0.25) is 0 Å². The molecule has 1 N–H and O–H groups in total. The fraction of sp³-hybridized carbons (Fsp3) is 1.00. The number of hydrogen-bond acceptors (Lipinski definition) is 3. The van der Waals surface area contributed by atoms with Crippen molar-refractivity contribution >= 4 is 10.2 Å². The van der Waals surface area contributed by atoms with Crippen LogP contribution < -0.4 is 0 Å². The highest BCUT2D eigenvalue weighted by Crippen LogP contribution is 2.25. The van der Waals surface area contributed by atoms with E-state index in [0.29, 0.717) is 19.5 Å². The number of aliphatic hydroxyl groups excluding tert-OH is 1. The number of hydrogen-bond donors (Lipinski definition) is 1. The van der Waals surface area contributed by atoms with Crippen molar-refractivity contribution in [2.75, 3.05) is 26.7 Å². The molecule has 1 aliphatic rings. The summed E-state index contributed by atoms with van der Waals surface area (Å²) in [7, 11) is -1.65. The number of aliphatic hydroxyl groups is 1. The Bertz CT molecular complexity index is 332. The summed E-state index contributed by atoms with van der Waals surface area (Å²) in [5.41, 5.74) is 0. The lowest BCUT2D eigenvalue weighted by Gasteiger charge is -2.28. The molecular formula is C12H26N2O3S. The minimum Gasteiger partial charge on any atom is -0.396 e. The zero-order valence-corrected chi connectivity index (χ0v) is 12.3. The molecule has 0 bridgehead atoms. The quantitative estimate of drug-likeness (QED) is 0.726. The normalized spacial score (nSPS) is 21.9. The Morgan fingerprint density at radius 3 is 2.72 bits per heavy atom. The first-order valence-electron chi connectivity index (χ1n) is 6.88. The van der Waals surface area contributed by atoms with E-state index in [1.807, 2.05) is 0 Å². The molecule has 1 aliphatic heterocycles. The van der Waals surface area contributed by atoms with E-state index in [-0.39, 0.29) is 12.6 Å². The summed E-state index contributed by atoms with van der Waals surface area (Å²) in [4.78, 5) is 0. The predicted molar refractivity (Wildman–Crippen MR) is 72.5 cm³/mol. The van der Waals surface area contributed by atoms with E-state index in [1.165, 1.54) is 4.31 Å². The lowest BCUT2D eigenvalue weighted by molar-refractivity contribution is 0.259. The molecule has 0 amide bonds. The molecule has 0 aromatic carbocycles. The van der Waals surface area contributed by atoms with Crippen molar-refractivity contribution < 1.29 is 13.5 Å². The summed E-state index contributed by atoms with van der Waals surface area (Å²) >= 11 is 0. The Labute approximate surface area is 111 Å². The third kappa shape index (κ3) is 3.91. The summed E-state index contributed by atoms with van der Waals surface area (Å²) in [6, 6.07) is 0.0752. The van der Waals surface area contributed by atoms with E-state index in [2.05, 4.69) is 6.92 Å². The molecule has 1 heterocycles. The third-order valence-electron chi connectivity index (χ3n) is 3.54. The standard InChI is InChI=1S/C12H26N2O3S/c1-3-4-9-13(2)18(16,17)14-10-5-7-12(14)8-6-11-15/h12,15H,3-11H2,1-2H3. The van der Waals surface area contributed by atoms with Gasteiger partial charge in [0.1, 0.15) is 0 Å². The lowest BCUT2D eigenvalue weighted by Crippen LogP contribution is -2.44. The van der Waals surface area contributed by atoms with Crippen LogP contribution in [0.25, 0.3) is 0 Å². The minimum absolute atomic E-state index is 0.0752. The third-order valence-corrected chi connectivity index (χ3v) is 5.58. The molecule has 1 unspecified atom stereocenters. The molecule has 108 valence electrons. The highest BCUT2D eigenvalue weighted by molar-refractivity contribution is 7.86. The van der Waals surface area contributed by atoms with Gasteiger partial charge in [-0.3, -0.25) is 0 Å². The van der Waals surface area contributed by atoms with Gasteiger partial charge in [-0.25, -0.2) is 0 Å². The molecule has 1 fully saturated rings. The fourth-order valence-electron chi connectivity index (χ4n) is 2.40. The molecule has 0 aromatic heterocycles. The zero-order valence-electron chi connectivity index (χ0n) is 11.5. The van der Waals surface area contributed by atoms with Gasteiger partial charge in [-0.1, -0.05) is 13.3 Å². The van der Waals surface area contributed by atoms with E-state index in [1.54, 1.807) is 11.4 Å². The van der Waals surface area contributed by atoms with Gasteiger partial charge in [-0.2, -0.15) is 17.0 Å². The maximum absolute atomic E-state index is 12.4. The van der Waals surface area contributed by atoms with Gasteiger partial charge < -0.3 is 5.11 Å². The number of nitrogens with zero attached hydrogens (tertiary/aromatic N) is 2. The molecule has 0 aromatic rings. The van der Waals surface area contributed by atoms with Crippen LogP contribution in [0, 0.1) is 0 Å². The van der Waals surface area contributed by atoms with E-state index >= 15 is 0 Å². The molecule has 1 saturated heterocycles. The summed E-state index contributed by atoms with van der Waals surface area (Å²) in [5.74, 6) is 0. The molecule has 1 rings (SSSR count). The zero-order chi connectivity index (χ0) is 13.6. The molecular weight excluding hydrogens is 252 g/mol. The second-order valence-electron chi connectivity index (χ2n) is 4.96. The predicted octanol–water partition coefficient (Wildman–Crippen LogP) is 1.20. The second-order valence-corrected chi connectivity index (χ2v) is 6.94. The Kier molecular flexibility index (Phi) is 6.55. The van der Waals surface area contributed by atoms with E-state index in [4.69, 9.17) is 5.11 Å². The average Bonchev–Trinajstić information content (AvgIpc) is 2.82. The van der Waals surface area contributed by atoms with E-state index in [0.717, 1.165) is 32.1 Å². The van der Waals surface area contributed by atoms with Crippen molar-refractivity contribution in [1.29, 1.82) is 0 Å². The lowest BCUT2D eigenvalue weighted by atomic mass is 10.1. The van der Waals surface area contributed by atoms with Crippen molar-refractivity contribution in [3.63, 3.8) is 0 Å². The van der Waals surface area contributed by atoms with Crippen molar-refractivity contribution in [3.05, 3.63) is 0 Å². The first kappa shape index (κ1) is 15.9. The molecule has 0 spiro atoms. The SMILES string of the molecule is CCCCN(C)S(=O)(=O)N1CCCC1CCCO. The van der Waals surface area contributed by atoms with Crippen LogP contribution in [-0.2, 0) is 10.2 Å². The van der Waals surface area contributed by atoms with Gasteiger partial charge in [0.25, 0.3) is 10.2 Å². The van der Waals surface area contributed by atoms with Crippen LogP contribution in [0.5, 0.6) is 0 Å². The Hall–Kier alpha value is -0.170. The van der Waals surface area contributed by atoms with Crippen LogP contribution in [-0.4, -0.2) is 54.9 Å². The van der Waals surface area contributed by atoms with Gasteiger partial charge in [0, 0.05) is 32.8 Å². The van der Waals surface area contributed by atoms with Gasteiger partial charge >= 0.3 is 0 Å². The maximum atomic E-state index is 12.4. The smallest absolute Gasteiger partial charge is 0.281 e. The summed E-state index contributed by atoms with van der Waals surface area (Å²) < 4.78 is 27.9. The highest BCUT2D eigenvalue weighted by atomic mass is 32.2. The monoisotopic (exact) mass is 278 g/mol. The maximum Gasteiger partial charge on any atom is 0.281 e. The molecule has 0 radical (unpaired) electrons. The topological polar surface area (TPSA) is 60.9 Å². The average molecular weight is 278 g/mol. The van der Waals surface area contributed by atoms with Crippen molar-refractivity contribution in [1.82, 2.24) is 8.61 Å². The van der Waals surface area contributed by atoms with E-state index < -0.39 is 10.2 Å². The highest BCUT2D eigenvalue weighted by Gasteiger charge is 2.35. The molecule has 0 aliphatic carbocycles. The Morgan fingerprint density at radius 1 is 1.39 bits per heavy atom. The van der Waals surface area contributed by atoms with Crippen LogP contribution in [0.3, 0.4) is 0 Å². The fourth-order valence-corrected chi connectivity index (χ4v) is 4.07. The molecule has 5 nitrogen and oxygen atoms in total. The van der Waals surface area contributed by atoms with Crippen molar-refractivity contribution in [2.24, 2.45) is 0 Å². The molecule has 6 heteroatoms. The van der Waals surface area contributed by atoms with Crippen LogP contribution in [0.1, 0.15) is 45.4 Å². The van der Waals surface area contributed by atoms with Crippen LogP contribution in [0.15, 0.2) is 0 Å². The minimum atomic E-state index is -3.31. The van der Waals surface area contributed by atoms with Gasteiger partial charge in [0.05, 0.1) is 0 Å². The second kappa shape index (κ2) is 7.43. The number of rotatable bonds is 8. The largest absolute Gasteiger partial charge is 0.396 e. The first-order chi connectivity index (χ1) is 8.54. The molecule has 0 saturated carbocycles. The van der Waals surface area contributed by atoms with Crippen molar-refractivity contribution in [2.45, 2.75) is 51.5 Å². The summed E-state index contributed by atoms with van der Waals surface area (Å²) in [6.45, 7) is 3.40. The molecule has 18 heavy (non-hydrogen) atoms. The van der Waals surface area contributed by atoms with Gasteiger partial charge in [-0.15, -0.1) is 0 Å². The first-order valence-corrected chi connectivity index (χ1v) is 8.27. The number of unbranched alkanes of at least 4 members (excludes halogenated alkanes) is 1. The van der Waals surface area contributed by atoms with Crippen LogP contribution in [0.2, 0.25) is 0 Å². The van der Waals surface area contributed by atoms with Gasteiger partial charge in [0.15, 0.2) is 0 Å². The van der Waals surface area contributed by atoms with Crippen LogP contribution in [0.4, 0.5) is 0 Å². The summed E-state index contributed by atoms with van der Waals surface area (Å²) in [5, 5.41) is 8.86. The van der Waals surface area contributed by atoms with Crippen molar-refractivity contribution in [3.8, 4) is 0 Å². The van der Waals surface area contributed by atoms with Gasteiger partial charge in [-0.05, 0) is 32.1 Å². The van der Waals surface area contributed by atoms with E-state index in [9.17, 15) is 8.42 Å². The Balaban J connectivity index is 2.64. The molecule has 1 atom stereocenters. The van der Waals surface area contributed by atoms with Crippen LogP contribution >= 0.6 is 0 Å².